The van der Waals surface area contributed by atoms with Crippen LogP contribution in [0.1, 0.15) is 13.8 Å². The summed E-state index contributed by atoms with van der Waals surface area (Å²) in [5.41, 5.74) is 6.31. The lowest BCUT2D eigenvalue weighted by molar-refractivity contribution is 0.243. The lowest BCUT2D eigenvalue weighted by Crippen LogP contribution is -2.06. The normalized spacial score (nSPS) is 10.7. The third-order valence-electron chi connectivity index (χ3n) is 2.04. The van der Waals surface area contributed by atoms with Crippen molar-refractivity contribution in [2.24, 2.45) is 0 Å². The minimum atomic E-state index is 0.112. The Labute approximate surface area is 94.1 Å². The summed E-state index contributed by atoms with van der Waals surface area (Å²) in [6.45, 7) is 3.96. The molecule has 4 heteroatoms. The fourth-order valence-electron chi connectivity index (χ4n) is 1.44. The molecule has 2 N–H and O–H groups in total. The van der Waals surface area contributed by atoms with Crippen molar-refractivity contribution in [2.45, 2.75) is 20.0 Å². The first-order valence-electron chi connectivity index (χ1n) is 5.14. The number of para-hydroxylation sites is 1. The SMILES string of the molecule is CC(C)Oc1ccccc1-c1cnc(N)o1. The Balaban J connectivity index is 2.40. The molecular formula is C12H14N2O2. The van der Waals surface area contributed by atoms with Crippen LogP contribution in [0.15, 0.2) is 34.9 Å². The number of nitrogens with zero attached hydrogens (tertiary/aromatic N) is 1. The maximum Gasteiger partial charge on any atom is 0.292 e. The molecule has 4 nitrogen and oxygen atoms in total. The average Bonchev–Trinajstić information content (AvgIpc) is 2.65. The van der Waals surface area contributed by atoms with Crippen LogP contribution in [0, 0.1) is 0 Å². The molecule has 0 aliphatic carbocycles. The Morgan fingerprint density at radius 1 is 1.31 bits per heavy atom. The molecule has 0 radical (unpaired) electrons. The van der Waals surface area contributed by atoms with E-state index in [0.717, 1.165) is 11.3 Å². The van der Waals surface area contributed by atoms with Gasteiger partial charge in [-0.1, -0.05) is 12.1 Å². The van der Waals surface area contributed by atoms with Crippen LogP contribution in [-0.2, 0) is 0 Å². The maximum atomic E-state index is 5.68. The molecule has 2 aromatic rings. The smallest absolute Gasteiger partial charge is 0.292 e. The van der Waals surface area contributed by atoms with E-state index in [9.17, 15) is 0 Å². The van der Waals surface area contributed by atoms with E-state index in [1.807, 2.05) is 38.1 Å². The van der Waals surface area contributed by atoms with E-state index in [2.05, 4.69) is 4.98 Å². The molecule has 0 atom stereocenters. The molecule has 16 heavy (non-hydrogen) atoms. The molecule has 0 bridgehead atoms. The van der Waals surface area contributed by atoms with Crippen LogP contribution in [0.3, 0.4) is 0 Å². The molecule has 84 valence electrons. The van der Waals surface area contributed by atoms with Crippen LogP contribution in [0.25, 0.3) is 11.3 Å². The highest BCUT2D eigenvalue weighted by Gasteiger charge is 2.11. The van der Waals surface area contributed by atoms with Crippen molar-refractivity contribution in [3.8, 4) is 17.1 Å². The molecule has 0 spiro atoms. The number of aromatic nitrogens is 1. The van der Waals surface area contributed by atoms with Crippen LogP contribution >= 0.6 is 0 Å². The molecule has 0 unspecified atom stereocenters. The number of hydrogen-bond acceptors (Lipinski definition) is 4. The first kappa shape index (κ1) is 10.5. The molecule has 1 aromatic heterocycles. The van der Waals surface area contributed by atoms with Crippen molar-refractivity contribution in [3.63, 3.8) is 0 Å². The molecule has 0 aliphatic heterocycles. The van der Waals surface area contributed by atoms with E-state index in [1.165, 1.54) is 0 Å². The highest BCUT2D eigenvalue weighted by molar-refractivity contribution is 5.65. The third-order valence-corrected chi connectivity index (χ3v) is 2.04. The van der Waals surface area contributed by atoms with E-state index < -0.39 is 0 Å². The van der Waals surface area contributed by atoms with Gasteiger partial charge in [-0.2, -0.15) is 0 Å². The zero-order valence-corrected chi connectivity index (χ0v) is 9.31. The van der Waals surface area contributed by atoms with Crippen molar-refractivity contribution in [2.75, 3.05) is 5.73 Å². The number of nitrogens with two attached hydrogens (primary N) is 1. The van der Waals surface area contributed by atoms with E-state index in [4.69, 9.17) is 14.9 Å². The van der Waals surface area contributed by atoms with Crippen LogP contribution in [0.5, 0.6) is 5.75 Å². The molecule has 0 fully saturated rings. The number of oxazole rings is 1. The van der Waals surface area contributed by atoms with Gasteiger partial charge in [0.15, 0.2) is 5.76 Å². The Kier molecular flexibility index (Phi) is 2.81. The van der Waals surface area contributed by atoms with Gasteiger partial charge in [-0.15, -0.1) is 0 Å². The minimum Gasteiger partial charge on any atom is -0.490 e. The summed E-state index contributed by atoms with van der Waals surface area (Å²) in [7, 11) is 0. The van der Waals surface area contributed by atoms with Crippen molar-refractivity contribution >= 4 is 6.01 Å². The highest BCUT2D eigenvalue weighted by atomic mass is 16.5. The molecule has 0 saturated carbocycles. The summed E-state index contributed by atoms with van der Waals surface area (Å²) >= 11 is 0. The number of anilines is 1. The van der Waals surface area contributed by atoms with Gasteiger partial charge in [0.25, 0.3) is 6.01 Å². The zero-order chi connectivity index (χ0) is 11.5. The number of nitrogen functional groups attached to an aromatic ring is 1. The van der Waals surface area contributed by atoms with Gasteiger partial charge in [0.1, 0.15) is 5.75 Å². The average molecular weight is 218 g/mol. The van der Waals surface area contributed by atoms with Gasteiger partial charge in [0.05, 0.1) is 17.9 Å². The standard InChI is InChI=1S/C12H14N2O2/c1-8(2)15-10-6-4-3-5-9(10)11-7-14-12(13)16-11/h3-8H,1-2H3,(H2,13,14). The summed E-state index contributed by atoms with van der Waals surface area (Å²) in [6.07, 6.45) is 1.71. The van der Waals surface area contributed by atoms with E-state index in [0.29, 0.717) is 5.76 Å². The second-order valence-corrected chi connectivity index (χ2v) is 3.73. The first-order chi connectivity index (χ1) is 7.66. The van der Waals surface area contributed by atoms with Crippen LogP contribution in [0.2, 0.25) is 0 Å². The number of hydrogen-bond donors (Lipinski definition) is 1. The Morgan fingerprint density at radius 3 is 2.69 bits per heavy atom. The predicted octanol–water partition coefficient (Wildman–Crippen LogP) is 2.71. The van der Waals surface area contributed by atoms with E-state index in [-0.39, 0.29) is 12.1 Å². The van der Waals surface area contributed by atoms with Crippen molar-refractivity contribution in [1.82, 2.24) is 4.98 Å². The van der Waals surface area contributed by atoms with Crippen molar-refractivity contribution < 1.29 is 9.15 Å². The van der Waals surface area contributed by atoms with Crippen LogP contribution < -0.4 is 10.5 Å². The maximum absolute atomic E-state index is 5.68. The fourth-order valence-corrected chi connectivity index (χ4v) is 1.44. The third kappa shape index (κ3) is 2.16. The monoisotopic (exact) mass is 218 g/mol. The molecule has 1 heterocycles. The molecule has 2 rings (SSSR count). The number of ether oxygens (including phenoxy) is 1. The topological polar surface area (TPSA) is 61.3 Å². The molecule has 1 aromatic carbocycles. The van der Waals surface area contributed by atoms with Gasteiger partial charge in [0.2, 0.25) is 0 Å². The molecule has 0 amide bonds. The minimum absolute atomic E-state index is 0.112. The van der Waals surface area contributed by atoms with Crippen LogP contribution in [0.4, 0.5) is 6.01 Å². The van der Waals surface area contributed by atoms with Crippen molar-refractivity contribution in [3.05, 3.63) is 30.5 Å². The lowest BCUT2D eigenvalue weighted by atomic mass is 10.1. The quantitative estimate of drug-likeness (QED) is 0.860. The molecule has 0 saturated heterocycles. The van der Waals surface area contributed by atoms with E-state index in [1.54, 1.807) is 6.20 Å². The fraction of sp³-hybridized carbons (Fsp3) is 0.250. The van der Waals surface area contributed by atoms with Crippen molar-refractivity contribution in [1.29, 1.82) is 0 Å². The summed E-state index contributed by atoms with van der Waals surface area (Å²) < 4.78 is 11.0. The first-order valence-corrected chi connectivity index (χ1v) is 5.14. The number of rotatable bonds is 3. The Morgan fingerprint density at radius 2 is 2.06 bits per heavy atom. The van der Waals surface area contributed by atoms with Gasteiger partial charge in [0, 0.05) is 0 Å². The van der Waals surface area contributed by atoms with E-state index >= 15 is 0 Å². The van der Waals surface area contributed by atoms with Gasteiger partial charge in [-0.25, -0.2) is 4.98 Å². The molecular weight excluding hydrogens is 204 g/mol. The van der Waals surface area contributed by atoms with Gasteiger partial charge >= 0.3 is 0 Å². The number of benzene rings is 1. The zero-order valence-electron chi connectivity index (χ0n) is 9.31. The molecule has 0 aliphatic rings. The second-order valence-electron chi connectivity index (χ2n) is 3.73. The second kappa shape index (κ2) is 4.26. The Bertz CT molecular complexity index is 477. The summed E-state index contributed by atoms with van der Waals surface area (Å²) in [4.78, 5) is 3.87. The summed E-state index contributed by atoms with van der Waals surface area (Å²) in [5, 5.41) is 0. The van der Waals surface area contributed by atoms with Gasteiger partial charge in [-0.05, 0) is 26.0 Å². The Hall–Kier alpha value is -1.97. The van der Waals surface area contributed by atoms with Crippen LogP contribution in [-0.4, -0.2) is 11.1 Å². The van der Waals surface area contributed by atoms with Gasteiger partial charge in [-0.3, -0.25) is 0 Å². The highest BCUT2D eigenvalue weighted by Crippen LogP contribution is 2.31. The van der Waals surface area contributed by atoms with Gasteiger partial charge < -0.3 is 14.9 Å². The summed E-state index contributed by atoms with van der Waals surface area (Å²) in [6, 6.07) is 7.81. The lowest BCUT2D eigenvalue weighted by Gasteiger charge is -2.12. The summed E-state index contributed by atoms with van der Waals surface area (Å²) in [5.74, 6) is 1.39. The predicted molar refractivity (Wildman–Crippen MR) is 62.1 cm³/mol. The largest absolute Gasteiger partial charge is 0.490 e.